The van der Waals surface area contributed by atoms with E-state index in [4.69, 9.17) is 0 Å². The molecule has 1 atom stereocenters. The summed E-state index contributed by atoms with van der Waals surface area (Å²) in [7, 11) is 0. The highest BCUT2D eigenvalue weighted by molar-refractivity contribution is 5.85. The van der Waals surface area contributed by atoms with Crippen molar-refractivity contribution in [1.29, 1.82) is 0 Å². The summed E-state index contributed by atoms with van der Waals surface area (Å²) >= 11 is 0. The lowest BCUT2D eigenvalue weighted by Gasteiger charge is -1.97. The predicted octanol–water partition coefficient (Wildman–Crippen LogP) is 1.02. The molecule has 0 fully saturated rings. The molecule has 0 rings (SSSR count). The molecule has 1 nitrogen and oxygen atoms in total. The maximum Gasteiger partial charge on any atom is 0.253 e. The Bertz CT molecular complexity index is 33.9. The maximum atomic E-state index is 11.0. The number of hydrogen-bond acceptors (Lipinski definition) is 1. The van der Waals surface area contributed by atoms with E-state index in [0.717, 1.165) is 0 Å². The Morgan fingerprint density at radius 1 is 1.43 bits per heavy atom. The molecule has 0 spiro atoms. The molecule has 2 N–H and O–H groups in total. The minimum absolute atomic E-state index is 0. The van der Waals surface area contributed by atoms with Crippen molar-refractivity contribution in [2.75, 3.05) is 0 Å². The largest absolute Gasteiger partial charge is 0.323 e. The Kier molecular flexibility index (Phi) is 6.21. The second kappa shape index (κ2) is 4.27. The topological polar surface area (TPSA) is 26.0 Å². The van der Waals surface area contributed by atoms with Gasteiger partial charge in [0.1, 0.15) is 0 Å². The van der Waals surface area contributed by atoms with Gasteiger partial charge in [-0.1, -0.05) is 0 Å². The molecule has 0 aliphatic heterocycles. The van der Waals surface area contributed by atoms with Gasteiger partial charge in [-0.3, -0.25) is 0 Å². The van der Waals surface area contributed by atoms with E-state index in [1.807, 2.05) is 0 Å². The van der Waals surface area contributed by atoms with E-state index in [9.17, 15) is 8.78 Å². The van der Waals surface area contributed by atoms with Gasteiger partial charge in [0, 0.05) is 0 Å². The van der Waals surface area contributed by atoms with Gasteiger partial charge in [-0.25, -0.2) is 8.78 Å². The minimum atomic E-state index is -2.37. The summed E-state index contributed by atoms with van der Waals surface area (Å²) < 4.78 is 22.1. The number of hydrogen-bond donors (Lipinski definition) is 1. The molecule has 0 radical (unpaired) electrons. The summed E-state index contributed by atoms with van der Waals surface area (Å²) in [5, 5.41) is 0. The molecule has 0 aliphatic carbocycles. The zero-order valence-electron chi connectivity index (χ0n) is 3.90. The Labute approximate surface area is 47.3 Å². The smallest absolute Gasteiger partial charge is 0.253 e. The third-order valence-corrected chi connectivity index (χ3v) is 0.397. The highest BCUT2D eigenvalue weighted by Gasteiger charge is 2.05. The van der Waals surface area contributed by atoms with E-state index in [1.54, 1.807) is 0 Å². The zero-order valence-corrected chi connectivity index (χ0v) is 4.71. The Morgan fingerprint density at radius 2 is 1.57 bits per heavy atom. The molecular weight excluding hydrogens is 123 g/mol. The molecule has 46 valence electrons. The van der Waals surface area contributed by atoms with Crippen LogP contribution in [0.1, 0.15) is 6.92 Å². The predicted molar refractivity (Wildman–Crippen MR) is 26.9 cm³/mol. The van der Waals surface area contributed by atoms with E-state index in [2.05, 4.69) is 5.73 Å². The third-order valence-electron chi connectivity index (χ3n) is 0.397. The van der Waals surface area contributed by atoms with Crippen LogP contribution in [0.3, 0.4) is 0 Å². The number of alkyl halides is 2. The summed E-state index contributed by atoms with van der Waals surface area (Å²) in [6, 6.07) is -0.981. The maximum absolute atomic E-state index is 11.0. The van der Waals surface area contributed by atoms with E-state index in [1.165, 1.54) is 6.92 Å². The van der Waals surface area contributed by atoms with Crippen molar-refractivity contribution in [3.63, 3.8) is 0 Å². The highest BCUT2D eigenvalue weighted by atomic mass is 35.5. The van der Waals surface area contributed by atoms with E-state index in [-0.39, 0.29) is 12.4 Å². The first-order valence-corrected chi connectivity index (χ1v) is 1.68. The molecule has 4 heteroatoms. The average Bonchev–Trinajstić information content (AvgIpc) is 1.36. The summed E-state index contributed by atoms with van der Waals surface area (Å²) in [4.78, 5) is 0. The van der Waals surface area contributed by atoms with Crippen LogP contribution in [0.4, 0.5) is 8.78 Å². The van der Waals surface area contributed by atoms with E-state index in [0.29, 0.717) is 0 Å². The number of halogens is 3. The van der Waals surface area contributed by atoms with Gasteiger partial charge in [-0.05, 0) is 6.92 Å². The van der Waals surface area contributed by atoms with Crippen molar-refractivity contribution in [2.45, 2.75) is 19.4 Å². The zero-order chi connectivity index (χ0) is 5.15. The normalized spacial score (nSPS) is 13.3. The summed E-state index contributed by atoms with van der Waals surface area (Å²) in [6.45, 7) is 1.27. The van der Waals surface area contributed by atoms with Crippen LogP contribution >= 0.6 is 12.4 Å². The van der Waals surface area contributed by atoms with Crippen LogP contribution in [0.5, 0.6) is 0 Å². The van der Waals surface area contributed by atoms with Crippen molar-refractivity contribution < 1.29 is 8.78 Å². The van der Waals surface area contributed by atoms with Gasteiger partial charge in [-0.15, -0.1) is 12.4 Å². The molecule has 0 aromatic rings. The first kappa shape index (κ1) is 10.2. The van der Waals surface area contributed by atoms with Gasteiger partial charge in [0.2, 0.25) is 0 Å². The van der Waals surface area contributed by atoms with Crippen LogP contribution in [-0.2, 0) is 0 Å². The highest BCUT2D eigenvalue weighted by Crippen LogP contribution is 1.93. The standard InChI is InChI=1S/C3H7F2N.ClH/c1-2(6)3(4)5;/h2-3H,6H2,1H3;1H. The van der Waals surface area contributed by atoms with Crippen molar-refractivity contribution >= 4 is 12.4 Å². The van der Waals surface area contributed by atoms with Gasteiger partial charge >= 0.3 is 0 Å². The SMILES string of the molecule is CC(N)C(F)F.Cl. The van der Waals surface area contributed by atoms with Gasteiger partial charge in [-0.2, -0.15) is 0 Å². The fourth-order valence-corrected chi connectivity index (χ4v) is 0. The Balaban J connectivity index is 0. The molecule has 0 aromatic heterocycles. The monoisotopic (exact) mass is 131 g/mol. The molecule has 0 aromatic carbocycles. The van der Waals surface area contributed by atoms with Crippen molar-refractivity contribution in [3.05, 3.63) is 0 Å². The van der Waals surface area contributed by atoms with Crippen molar-refractivity contribution in [3.8, 4) is 0 Å². The van der Waals surface area contributed by atoms with E-state index >= 15 is 0 Å². The van der Waals surface area contributed by atoms with Gasteiger partial charge < -0.3 is 5.73 Å². The molecule has 0 aliphatic rings. The van der Waals surface area contributed by atoms with Gasteiger partial charge in [0.25, 0.3) is 6.43 Å². The van der Waals surface area contributed by atoms with Gasteiger partial charge in [0.15, 0.2) is 0 Å². The molecular formula is C3H8ClF2N. The van der Waals surface area contributed by atoms with Crippen LogP contribution in [0, 0.1) is 0 Å². The fourth-order valence-electron chi connectivity index (χ4n) is 0. The first-order valence-electron chi connectivity index (χ1n) is 1.68. The number of nitrogens with two attached hydrogens (primary N) is 1. The fraction of sp³-hybridized carbons (Fsp3) is 1.00. The lowest BCUT2D eigenvalue weighted by Crippen LogP contribution is -2.23. The third kappa shape index (κ3) is 6.11. The molecule has 1 unspecified atom stereocenters. The summed E-state index contributed by atoms with van der Waals surface area (Å²) in [6.07, 6.45) is -2.37. The minimum Gasteiger partial charge on any atom is -0.323 e. The molecule has 0 saturated carbocycles. The van der Waals surface area contributed by atoms with Crippen LogP contribution in [0.15, 0.2) is 0 Å². The molecule has 0 amide bonds. The van der Waals surface area contributed by atoms with Crippen LogP contribution < -0.4 is 5.73 Å². The molecule has 7 heavy (non-hydrogen) atoms. The molecule has 0 heterocycles. The summed E-state index contributed by atoms with van der Waals surface area (Å²) in [5.41, 5.74) is 4.69. The Morgan fingerprint density at radius 3 is 1.57 bits per heavy atom. The second-order valence-electron chi connectivity index (χ2n) is 1.19. The summed E-state index contributed by atoms with van der Waals surface area (Å²) in [5.74, 6) is 0. The van der Waals surface area contributed by atoms with Crippen LogP contribution in [-0.4, -0.2) is 12.5 Å². The van der Waals surface area contributed by atoms with Crippen LogP contribution in [0.25, 0.3) is 0 Å². The molecule has 0 bridgehead atoms. The van der Waals surface area contributed by atoms with Crippen molar-refractivity contribution in [2.24, 2.45) is 5.73 Å². The Hall–Kier alpha value is 0.110. The number of rotatable bonds is 1. The lowest BCUT2D eigenvalue weighted by atomic mass is 10.4. The average molecular weight is 132 g/mol. The van der Waals surface area contributed by atoms with E-state index < -0.39 is 12.5 Å². The van der Waals surface area contributed by atoms with Crippen LogP contribution in [0.2, 0.25) is 0 Å². The van der Waals surface area contributed by atoms with Crippen molar-refractivity contribution in [1.82, 2.24) is 0 Å². The first-order chi connectivity index (χ1) is 2.64. The quantitative estimate of drug-likeness (QED) is 0.565. The molecule has 0 saturated heterocycles. The second-order valence-corrected chi connectivity index (χ2v) is 1.19. The lowest BCUT2D eigenvalue weighted by molar-refractivity contribution is 0.123. The van der Waals surface area contributed by atoms with Gasteiger partial charge in [0.05, 0.1) is 6.04 Å².